The van der Waals surface area contributed by atoms with Crippen molar-refractivity contribution in [3.8, 4) is 0 Å². The molecule has 0 unspecified atom stereocenters. The van der Waals surface area contributed by atoms with Crippen LogP contribution in [0.2, 0.25) is 0 Å². The Morgan fingerprint density at radius 2 is 0.842 bits per heavy atom. The number of halogens is 12. The molecule has 0 N–H and O–H groups in total. The van der Waals surface area contributed by atoms with Crippen molar-refractivity contribution in [3.05, 3.63) is 24.1 Å². The van der Waals surface area contributed by atoms with Crippen LogP contribution in [0, 0.1) is 0 Å². The molecule has 0 saturated carbocycles. The number of rotatable bonds is 0. The molecule has 0 aromatic carbocycles. The van der Waals surface area contributed by atoms with Crippen LogP contribution in [-0.4, -0.2) is 18.5 Å². The standard InChI is InChI=1S/C4H2F6.C3F6/c5-3(6,7)1-2-4(8,9)10;4-1(2(5)6)3(7,8)9/h1-2H;/b2-1+;. The van der Waals surface area contributed by atoms with Crippen molar-refractivity contribution in [2.24, 2.45) is 0 Å². The molecule has 0 amide bonds. The van der Waals surface area contributed by atoms with Gasteiger partial charge in [0, 0.05) is 12.2 Å². The van der Waals surface area contributed by atoms with Crippen LogP contribution in [0.25, 0.3) is 0 Å². The van der Waals surface area contributed by atoms with Crippen LogP contribution >= 0.6 is 0 Å². The Bertz CT molecular complexity index is 303. The van der Waals surface area contributed by atoms with Crippen molar-refractivity contribution in [2.45, 2.75) is 18.5 Å². The predicted molar refractivity (Wildman–Crippen MR) is 37.7 cm³/mol. The summed E-state index contributed by atoms with van der Waals surface area (Å²) in [6, 6.07) is 0. The summed E-state index contributed by atoms with van der Waals surface area (Å²) in [6.07, 6.45) is -20.4. The van der Waals surface area contributed by atoms with E-state index in [1.54, 1.807) is 0 Å². The SMILES string of the molecule is FC(F)(F)/C=C/C(F)(F)F.FC(F)=C(F)C(F)(F)F. The Morgan fingerprint density at radius 1 is 0.579 bits per heavy atom. The smallest absolute Gasteiger partial charge is 0.196 e. The number of hydrogen-bond donors (Lipinski definition) is 0. The van der Waals surface area contributed by atoms with Gasteiger partial charge in [0.05, 0.1) is 0 Å². The topological polar surface area (TPSA) is 0 Å². The highest BCUT2D eigenvalue weighted by atomic mass is 19.4. The molecule has 0 nitrogen and oxygen atoms in total. The van der Waals surface area contributed by atoms with Crippen LogP contribution in [0.5, 0.6) is 0 Å². The minimum absolute atomic E-state index is 0.854. The normalized spacial score (nSPS) is 13.1. The Labute approximate surface area is 96.5 Å². The fourth-order valence-electron chi connectivity index (χ4n) is 0.296. The average Bonchev–Trinajstić information content (AvgIpc) is 2.11. The molecule has 0 atom stereocenters. The van der Waals surface area contributed by atoms with E-state index in [-0.39, 0.29) is 0 Å². The quantitative estimate of drug-likeness (QED) is 0.421. The first-order chi connectivity index (χ1) is 8.06. The molecule has 0 aliphatic heterocycles. The first-order valence-corrected chi connectivity index (χ1v) is 3.68. The van der Waals surface area contributed by atoms with Crippen LogP contribution in [0.1, 0.15) is 0 Å². The highest BCUT2D eigenvalue weighted by molar-refractivity contribution is 4.98. The van der Waals surface area contributed by atoms with Gasteiger partial charge in [0.25, 0.3) is 5.83 Å². The van der Waals surface area contributed by atoms with Gasteiger partial charge in [0.1, 0.15) is 0 Å². The minimum atomic E-state index is -5.56. The van der Waals surface area contributed by atoms with Gasteiger partial charge in [-0.2, -0.15) is 52.7 Å². The van der Waals surface area contributed by atoms with Crippen molar-refractivity contribution >= 4 is 0 Å². The largest absolute Gasteiger partial charge is 0.448 e. The van der Waals surface area contributed by atoms with Crippen molar-refractivity contribution in [1.29, 1.82) is 0 Å². The molecule has 0 saturated heterocycles. The molecular weight excluding hydrogens is 312 g/mol. The number of hydrogen-bond acceptors (Lipinski definition) is 0. The van der Waals surface area contributed by atoms with Gasteiger partial charge >= 0.3 is 24.6 Å². The second-order valence-corrected chi connectivity index (χ2v) is 2.49. The molecule has 0 aromatic rings. The summed E-state index contributed by atoms with van der Waals surface area (Å²) in [7, 11) is 0. The lowest BCUT2D eigenvalue weighted by Crippen LogP contribution is -2.08. The lowest BCUT2D eigenvalue weighted by Gasteiger charge is -1.99. The fraction of sp³-hybridized carbons (Fsp3) is 0.429. The zero-order valence-corrected chi connectivity index (χ0v) is 8.19. The van der Waals surface area contributed by atoms with E-state index < -0.39 is 42.6 Å². The van der Waals surface area contributed by atoms with Crippen LogP contribution < -0.4 is 0 Å². The first-order valence-electron chi connectivity index (χ1n) is 3.68. The maximum absolute atomic E-state index is 11.0. The monoisotopic (exact) mass is 314 g/mol. The van der Waals surface area contributed by atoms with Crippen LogP contribution in [0.15, 0.2) is 24.1 Å². The van der Waals surface area contributed by atoms with Gasteiger partial charge < -0.3 is 0 Å². The molecule has 0 aliphatic carbocycles. The van der Waals surface area contributed by atoms with Gasteiger partial charge in [-0.25, -0.2) is 0 Å². The molecule has 0 radical (unpaired) electrons. The minimum Gasteiger partial charge on any atom is -0.196 e. The third kappa shape index (κ3) is 14.6. The fourth-order valence-corrected chi connectivity index (χ4v) is 0.296. The zero-order chi connectivity index (χ0) is 16.1. The molecule has 0 spiro atoms. The summed E-state index contributed by atoms with van der Waals surface area (Å²) in [4.78, 5) is 0. The van der Waals surface area contributed by atoms with E-state index >= 15 is 0 Å². The first kappa shape index (κ1) is 20.0. The Balaban J connectivity index is 0. The Kier molecular flexibility index (Phi) is 7.05. The lowest BCUT2D eigenvalue weighted by atomic mass is 10.5. The molecular formula is C7H2F12. The zero-order valence-electron chi connectivity index (χ0n) is 8.19. The predicted octanol–water partition coefficient (Wildman–Crippen LogP) is 5.29. The Morgan fingerprint density at radius 3 is 0.895 bits per heavy atom. The molecule has 0 fully saturated rings. The summed E-state index contributed by atoms with van der Waals surface area (Å²) < 4.78 is 131. The van der Waals surface area contributed by atoms with Crippen LogP contribution in [-0.2, 0) is 0 Å². The van der Waals surface area contributed by atoms with E-state index in [9.17, 15) is 52.7 Å². The summed E-state index contributed by atoms with van der Waals surface area (Å²) in [5, 5.41) is 0. The summed E-state index contributed by atoms with van der Waals surface area (Å²) in [5.74, 6) is -3.33. The summed E-state index contributed by atoms with van der Waals surface area (Å²) in [6.45, 7) is 0. The van der Waals surface area contributed by atoms with E-state index in [0.29, 0.717) is 0 Å². The van der Waals surface area contributed by atoms with E-state index in [4.69, 9.17) is 0 Å². The van der Waals surface area contributed by atoms with Crippen molar-refractivity contribution in [1.82, 2.24) is 0 Å². The highest BCUT2D eigenvalue weighted by Gasteiger charge is 2.38. The van der Waals surface area contributed by atoms with Crippen LogP contribution in [0.3, 0.4) is 0 Å². The summed E-state index contributed by atoms with van der Waals surface area (Å²) >= 11 is 0. The molecule has 0 heterocycles. The molecule has 0 rings (SSSR count). The van der Waals surface area contributed by atoms with Crippen molar-refractivity contribution in [3.63, 3.8) is 0 Å². The second kappa shape index (κ2) is 6.70. The van der Waals surface area contributed by atoms with E-state index in [1.165, 1.54) is 0 Å². The van der Waals surface area contributed by atoms with E-state index in [0.717, 1.165) is 0 Å². The summed E-state index contributed by atoms with van der Waals surface area (Å²) in [5.41, 5.74) is 0. The molecule has 114 valence electrons. The van der Waals surface area contributed by atoms with Gasteiger partial charge in [0.2, 0.25) is 0 Å². The third-order valence-electron chi connectivity index (χ3n) is 0.876. The van der Waals surface area contributed by atoms with Crippen molar-refractivity contribution < 1.29 is 52.7 Å². The van der Waals surface area contributed by atoms with Crippen molar-refractivity contribution in [2.75, 3.05) is 0 Å². The average molecular weight is 314 g/mol. The second-order valence-electron chi connectivity index (χ2n) is 2.49. The maximum Gasteiger partial charge on any atom is 0.448 e. The molecule has 12 heteroatoms. The Hall–Kier alpha value is -1.36. The number of allylic oxidation sites excluding steroid dienone is 3. The lowest BCUT2D eigenvalue weighted by molar-refractivity contribution is -0.113. The maximum atomic E-state index is 11.0. The number of alkyl halides is 9. The van der Waals surface area contributed by atoms with E-state index in [1.807, 2.05) is 0 Å². The van der Waals surface area contributed by atoms with Gasteiger partial charge in [-0.3, -0.25) is 0 Å². The van der Waals surface area contributed by atoms with Gasteiger partial charge in [-0.15, -0.1) is 0 Å². The van der Waals surface area contributed by atoms with Gasteiger partial charge in [0.15, 0.2) is 0 Å². The molecule has 19 heavy (non-hydrogen) atoms. The van der Waals surface area contributed by atoms with Crippen LogP contribution in [0.4, 0.5) is 52.7 Å². The third-order valence-corrected chi connectivity index (χ3v) is 0.876. The van der Waals surface area contributed by atoms with Gasteiger partial charge in [-0.1, -0.05) is 0 Å². The molecule has 0 aliphatic rings. The van der Waals surface area contributed by atoms with Gasteiger partial charge in [-0.05, 0) is 0 Å². The van der Waals surface area contributed by atoms with E-state index in [2.05, 4.69) is 0 Å². The molecule has 0 bridgehead atoms. The highest BCUT2D eigenvalue weighted by Crippen LogP contribution is 2.29. The molecule has 0 aromatic heterocycles.